The molecule has 27 heavy (non-hydrogen) atoms. The van der Waals surface area contributed by atoms with E-state index in [0.717, 1.165) is 28.5 Å². The lowest BCUT2D eigenvalue weighted by atomic mass is 9.97. The predicted octanol–water partition coefficient (Wildman–Crippen LogP) is 5.69. The minimum atomic E-state index is -4.40. The maximum absolute atomic E-state index is 12.8. The average Bonchev–Trinajstić information content (AvgIpc) is 2.67. The number of hydrogen-bond acceptors (Lipinski definition) is 3. The first-order chi connectivity index (χ1) is 12.9. The molecule has 1 N–H and O–H groups in total. The molecule has 0 aliphatic rings. The zero-order chi connectivity index (χ0) is 19.0. The van der Waals surface area contributed by atoms with Gasteiger partial charge in [0.2, 0.25) is 5.88 Å². The highest BCUT2D eigenvalue weighted by atomic mass is 19.4. The van der Waals surface area contributed by atoms with Gasteiger partial charge in [-0.05, 0) is 34.5 Å². The fraction of sp³-hybridized carbons (Fsp3) is 0.0476. The van der Waals surface area contributed by atoms with Crippen LogP contribution in [0.2, 0.25) is 0 Å². The first-order valence-electron chi connectivity index (χ1n) is 8.15. The molecule has 0 saturated heterocycles. The molecule has 6 heteroatoms. The number of aromatic hydroxyl groups is 1. The Balaban J connectivity index is 1.85. The lowest BCUT2D eigenvalue weighted by molar-refractivity contribution is -0.137. The third kappa shape index (κ3) is 3.33. The molecule has 0 aliphatic carbocycles. The summed E-state index contributed by atoms with van der Waals surface area (Å²) in [5.74, 6) is -0.297. The van der Waals surface area contributed by atoms with Crippen LogP contribution >= 0.6 is 0 Å². The molecular formula is C21H13F3N2O. The van der Waals surface area contributed by atoms with Crippen molar-refractivity contribution < 1.29 is 18.3 Å². The zero-order valence-electron chi connectivity index (χ0n) is 13.9. The normalized spacial score (nSPS) is 11.7. The maximum atomic E-state index is 12.8. The summed E-state index contributed by atoms with van der Waals surface area (Å²) in [5, 5.41) is 19.6. The van der Waals surface area contributed by atoms with Gasteiger partial charge in [0.15, 0.2) is 0 Å². The van der Waals surface area contributed by atoms with Crippen LogP contribution in [-0.4, -0.2) is 15.3 Å². The minimum absolute atomic E-state index is 0.297. The molecule has 0 amide bonds. The van der Waals surface area contributed by atoms with E-state index in [4.69, 9.17) is 0 Å². The molecule has 1 heterocycles. The van der Waals surface area contributed by atoms with Crippen molar-refractivity contribution in [2.45, 2.75) is 6.18 Å². The van der Waals surface area contributed by atoms with E-state index >= 15 is 0 Å². The van der Waals surface area contributed by atoms with Crippen molar-refractivity contribution in [2.24, 2.45) is 0 Å². The molecule has 0 fully saturated rings. The average molecular weight is 366 g/mol. The first kappa shape index (κ1) is 17.0. The fourth-order valence-corrected chi connectivity index (χ4v) is 2.99. The van der Waals surface area contributed by atoms with Crippen LogP contribution in [0.25, 0.3) is 33.2 Å². The van der Waals surface area contributed by atoms with Crippen LogP contribution in [0.15, 0.2) is 72.8 Å². The van der Waals surface area contributed by atoms with Crippen molar-refractivity contribution in [2.75, 3.05) is 0 Å². The predicted molar refractivity (Wildman–Crippen MR) is 97.1 cm³/mol. The fourth-order valence-electron chi connectivity index (χ4n) is 2.99. The number of aromatic nitrogens is 2. The summed E-state index contributed by atoms with van der Waals surface area (Å²) in [6.45, 7) is 0. The molecule has 1 aromatic heterocycles. The van der Waals surface area contributed by atoms with Gasteiger partial charge in [0.05, 0.1) is 5.56 Å². The monoisotopic (exact) mass is 366 g/mol. The highest BCUT2D eigenvalue weighted by Crippen LogP contribution is 2.35. The summed E-state index contributed by atoms with van der Waals surface area (Å²) < 4.78 is 38.4. The van der Waals surface area contributed by atoms with Crippen molar-refractivity contribution in [3.63, 3.8) is 0 Å². The number of nitrogens with zero attached hydrogens (tertiary/aromatic N) is 2. The summed E-state index contributed by atoms with van der Waals surface area (Å²) in [7, 11) is 0. The van der Waals surface area contributed by atoms with Gasteiger partial charge in [-0.1, -0.05) is 48.5 Å². The van der Waals surface area contributed by atoms with Gasteiger partial charge < -0.3 is 5.11 Å². The van der Waals surface area contributed by atoms with Crippen molar-refractivity contribution in [1.82, 2.24) is 10.2 Å². The van der Waals surface area contributed by atoms with Gasteiger partial charge >= 0.3 is 6.18 Å². The number of rotatable bonds is 2. The van der Waals surface area contributed by atoms with E-state index in [1.54, 1.807) is 0 Å². The zero-order valence-corrected chi connectivity index (χ0v) is 13.9. The molecule has 3 aromatic carbocycles. The van der Waals surface area contributed by atoms with Crippen LogP contribution in [0.4, 0.5) is 13.2 Å². The maximum Gasteiger partial charge on any atom is 0.416 e. The van der Waals surface area contributed by atoms with Gasteiger partial charge in [-0.15, -0.1) is 10.2 Å². The Kier molecular flexibility index (Phi) is 4.03. The number of fused-ring (bicyclic) bond motifs is 1. The number of halogens is 3. The molecule has 0 unspecified atom stereocenters. The van der Waals surface area contributed by atoms with E-state index in [2.05, 4.69) is 10.2 Å². The minimum Gasteiger partial charge on any atom is -0.492 e. The molecular weight excluding hydrogens is 353 g/mol. The Labute approximate surface area is 152 Å². The molecule has 0 saturated carbocycles. The number of hydrogen-bond donors (Lipinski definition) is 1. The van der Waals surface area contributed by atoms with Crippen LogP contribution in [0.3, 0.4) is 0 Å². The number of benzene rings is 3. The lowest BCUT2D eigenvalue weighted by Gasteiger charge is -2.11. The second kappa shape index (κ2) is 6.39. The quantitative estimate of drug-likeness (QED) is 0.496. The van der Waals surface area contributed by atoms with E-state index in [9.17, 15) is 18.3 Å². The van der Waals surface area contributed by atoms with Gasteiger partial charge in [-0.25, -0.2) is 0 Å². The summed E-state index contributed by atoms with van der Waals surface area (Å²) in [4.78, 5) is 0. The van der Waals surface area contributed by atoms with Crippen molar-refractivity contribution in [3.8, 4) is 28.3 Å². The van der Waals surface area contributed by atoms with Crippen LogP contribution < -0.4 is 0 Å². The molecule has 0 radical (unpaired) electrons. The Bertz CT molecular complexity index is 1120. The molecule has 3 nitrogen and oxygen atoms in total. The van der Waals surface area contributed by atoms with E-state index in [-0.39, 0.29) is 5.88 Å². The molecule has 4 aromatic rings. The lowest BCUT2D eigenvalue weighted by Crippen LogP contribution is -2.04. The van der Waals surface area contributed by atoms with Crippen molar-refractivity contribution in [3.05, 3.63) is 78.4 Å². The summed E-state index contributed by atoms with van der Waals surface area (Å²) in [6, 6.07) is 19.7. The van der Waals surface area contributed by atoms with Gasteiger partial charge in [0.25, 0.3) is 0 Å². The summed E-state index contributed by atoms with van der Waals surface area (Å²) in [6.07, 6.45) is -4.40. The molecule has 0 atom stereocenters. The molecule has 0 spiro atoms. The van der Waals surface area contributed by atoms with Crippen LogP contribution in [0.5, 0.6) is 5.88 Å². The standard InChI is InChI=1S/C21H13F3N2O/c22-21(23,24)17-9-7-14(8-10-17)18-12-19(27)25-26-20(18)16-6-5-13-3-1-2-4-15(13)11-16/h1-12H,(H,25,27). The Morgan fingerprint density at radius 1 is 0.704 bits per heavy atom. The molecule has 134 valence electrons. The third-order valence-corrected chi connectivity index (χ3v) is 4.33. The smallest absolute Gasteiger partial charge is 0.416 e. The van der Waals surface area contributed by atoms with E-state index < -0.39 is 11.7 Å². The second-order valence-electron chi connectivity index (χ2n) is 6.10. The molecule has 0 aliphatic heterocycles. The van der Waals surface area contributed by atoms with Gasteiger partial charge in [-0.2, -0.15) is 13.2 Å². The van der Waals surface area contributed by atoms with Gasteiger partial charge in [-0.3, -0.25) is 0 Å². The van der Waals surface area contributed by atoms with Crippen molar-refractivity contribution >= 4 is 10.8 Å². The topological polar surface area (TPSA) is 46.0 Å². The van der Waals surface area contributed by atoms with Crippen LogP contribution in [0, 0.1) is 0 Å². The Morgan fingerprint density at radius 3 is 2.07 bits per heavy atom. The van der Waals surface area contributed by atoms with E-state index in [1.807, 2.05) is 42.5 Å². The van der Waals surface area contributed by atoms with Crippen molar-refractivity contribution in [1.29, 1.82) is 0 Å². The van der Waals surface area contributed by atoms with Gasteiger partial charge in [0, 0.05) is 17.2 Å². The summed E-state index contributed by atoms with van der Waals surface area (Å²) in [5.41, 5.74) is 1.53. The van der Waals surface area contributed by atoms with E-state index in [0.29, 0.717) is 16.8 Å². The highest BCUT2D eigenvalue weighted by Gasteiger charge is 2.30. The number of alkyl halides is 3. The Morgan fingerprint density at radius 2 is 1.37 bits per heavy atom. The Hall–Kier alpha value is -3.41. The van der Waals surface area contributed by atoms with Crippen LogP contribution in [0.1, 0.15) is 5.56 Å². The highest BCUT2D eigenvalue weighted by molar-refractivity contribution is 5.90. The third-order valence-electron chi connectivity index (χ3n) is 4.33. The summed E-state index contributed by atoms with van der Waals surface area (Å²) >= 11 is 0. The SMILES string of the molecule is Oc1cc(-c2ccc(C(F)(F)F)cc2)c(-c2ccc3ccccc3c2)nn1. The van der Waals surface area contributed by atoms with Gasteiger partial charge in [0.1, 0.15) is 5.69 Å². The largest absolute Gasteiger partial charge is 0.492 e. The molecule has 4 rings (SSSR count). The first-order valence-corrected chi connectivity index (χ1v) is 8.15. The van der Waals surface area contributed by atoms with Crippen LogP contribution in [-0.2, 0) is 6.18 Å². The van der Waals surface area contributed by atoms with E-state index in [1.165, 1.54) is 18.2 Å². The second-order valence-corrected chi connectivity index (χ2v) is 6.10. The molecule has 0 bridgehead atoms.